The summed E-state index contributed by atoms with van der Waals surface area (Å²) in [6.45, 7) is 2.08. The van der Waals surface area contributed by atoms with E-state index in [4.69, 9.17) is 0 Å². The van der Waals surface area contributed by atoms with Gasteiger partial charge in [0.15, 0.2) is 0 Å². The largest absolute Gasteiger partial charge is 0.352 e. The van der Waals surface area contributed by atoms with Gasteiger partial charge in [0.05, 0.1) is 24.5 Å². The van der Waals surface area contributed by atoms with Crippen LogP contribution in [0.3, 0.4) is 0 Å². The second-order valence-corrected chi connectivity index (χ2v) is 7.26. The van der Waals surface area contributed by atoms with Gasteiger partial charge >= 0.3 is 5.69 Å². The molecule has 4 rings (SSSR count). The highest BCUT2D eigenvalue weighted by Gasteiger charge is 2.20. The fourth-order valence-corrected chi connectivity index (χ4v) is 3.28. The van der Waals surface area contributed by atoms with Gasteiger partial charge in [0.1, 0.15) is 0 Å². The number of carbonyl (C=O) groups excluding carboxylic acids is 1. The minimum Gasteiger partial charge on any atom is -0.345 e. The van der Waals surface area contributed by atoms with Gasteiger partial charge in [-0.25, -0.2) is 4.79 Å². The highest BCUT2D eigenvalue weighted by atomic mass is 16.2. The van der Waals surface area contributed by atoms with Gasteiger partial charge in [0.2, 0.25) is 5.69 Å². The van der Waals surface area contributed by atoms with Crippen LogP contribution in [-0.2, 0) is 13.1 Å². The summed E-state index contributed by atoms with van der Waals surface area (Å²) in [6, 6.07) is 21.5. The van der Waals surface area contributed by atoms with Crippen molar-refractivity contribution in [1.29, 1.82) is 0 Å². The number of carbonyl (C=O) groups is 1. The van der Waals surface area contributed by atoms with Gasteiger partial charge in [0, 0.05) is 6.20 Å². The third-order valence-electron chi connectivity index (χ3n) is 4.86. The molecule has 0 fully saturated rings. The predicted molar refractivity (Wildman–Crippen MR) is 120 cm³/mol. The first-order valence-corrected chi connectivity index (χ1v) is 10.1. The average Bonchev–Trinajstić information content (AvgIpc) is 2.81. The first-order chi connectivity index (χ1) is 15.5. The molecule has 0 aliphatic rings. The summed E-state index contributed by atoms with van der Waals surface area (Å²) < 4.78 is 2.11. The lowest BCUT2D eigenvalue weighted by atomic mass is 10.1. The van der Waals surface area contributed by atoms with Gasteiger partial charge in [-0.15, -0.1) is 0 Å². The van der Waals surface area contributed by atoms with Crippen LogP contribution in [0.1, 0.15) is 27.3 Å². The lowest BCUT2D eigenvalue weighted by molar-refractivity contribution is 0.0940. The monoisotopic (exact) mass is 427 g/mol. The number of benzene rings is 2. The van der Waals surface area contributed by atoms with Crippen molar-refractivity contribution in [3.63, 3.8) is 0 Å². The van der Waals surface area contributed by atoms with Crippen molar-refractivity contribution >= 4 is 5.91 Å². The molecular weight excluding hydrogens is 406 g/mol. The van der Waals surface area contributed by atoms with E-state index in [2.05, 4.69) is 15.4 Å². The molecule has 0 unspecified atom stereocenters. The van der Waals surface area contributed by atoms with Gasteiger partial charge < -0.3 is 5.32 Å². The van der Waals surface area contributed by atoms with E-state index in [1.165, 1.54) is 0 Å². The Hall–Kier alpha value is -4.33. The maximum absolute atomic E-state index is 13.2. The molecule has 0 spiro atoms. The van der Waals surface area contributed by atoms with Crippen LogP contribution in [0.2, 0.25) is 0 Å². The van der Waals surface area contributed by atoms with Crippen molar-refractivity contribution in [3.05, 3.63) is 122 Å². The summed E-state index contributed by atoms with van der Waals surface area (Å²) in [4.78, 5) is 43.3. The fraction of sp³-hybridized carbons (Fsp3) is 0.125. The summed E-state index contributed by atoms with van der Waals surface area (Å²) in [6.07, 6.45) is 1.62. The van der Waals surface area contributed by atoms with Crippen LogP contribution < -0.4 is 16.6 Å². The average molecular weight is 427 g/mol. The van der Waals surface area contributed by atoms with Crippen molar-refractivity contribution in [2.75, 3.05) is 0 Å². The Morgan fingerprint density at radius 3 is 2.47 bits per heavy atom. The van der Waals surface area contributed by atoms with Gasteiger partial charge in [-0.3, -0.25) is 19.1 Å². The smallest absolute Gasteiger partial charge is 0.345 e. The fourth-order valence-electron chi connectivity index (χ4n) is 3.28. The van der Waals surface area contributed by atoms with Gasteiger partial charge in [-0.1, -0.05) is 54.1 Å². The van der Waals surface area contributed by atoms with Crippen LogP contribution in [0.4, 0.5) is 0 Å². The molecule has 1 amide bonds. The number of hydrogen-bond acceptors (Lipinski definition) is 5. The molecule has 0 radical (unpaired) electrons. The number of amides is 1. The molecule has 2 aromatic carbocycles. The molecule has 0 atom stereocenters. The normalized spacial score (nSPS) is 10.7. The molecule has 0 bridgehead atoms. The lowest BCUT2D eigenvalue weighted by Crippen LogP contribution is -2.46. The second-order valence-electron chi connectivity index (χ2n) is 7.26. The number of para-hydroxylation sites is 1. The lowest BCUT2D eigenvalue weighted by Gasteiger charge is -2.12. The molecule has 32 heavy (non-hydrogen) atoms. The number of hydrogen-bond donors (Lipinski definition) is 1. The molecule has 1 N–H and O–H groups in total. The highest BCUT2D eigenvalue weighted by molar-refractivity contribution is 5.91. The molecule has 0 saturated heterocycles. The molecule has 0 aliphatic heterocycles. The molecule has 0 aliphatic carbocycles. The molecule has 8 nitrogen and oxygen atoms in total. The molecule has 4 aromatic rings. The number of pyridine rings is 1. The van der Waals surface area contributed by atoms with Crippen LogP contribution >= 0.6 is 0 Å². The van der Waals surface area contributed by atoms with Crippen molar-refractivity contribution in [1.82, 2.24) is 24.6 Å². The first-order valence-electron chi connectivity index (χ1n) is 10.1. The first kappa shape index (κ1) is 20.9. The second kappa shape index (κ2) is 9.22. The zero-order chi connectivity index (χ0) is 22.5. The molecular formula is C24H21N5O3. The molecule has 0 saturated carbocycles. The Bertz CT molecular complexity index is 1360. The Kier molecular flexibility index (Phi) is 6.03. The third-order valence-corrected chi connectivity index (χ3v) is 4.86. The zero-order valence-electron chi connectivity index (χ0n) is 17.4. The van der Waals surface area contributed by atoms with E-state index in [1.807, 2.05) is 31.2 Å². The van der Waals surface area contributed by atoms with Gasteiger partial charge in [0.25, 0.3) is 11.5 Å². The number of aromatic nitrogens is 4. The quantitative estimate of drug-likeness (QED) is 0.508. The van der Waals surface area contributed by atoms with Crippen molar-refractivity contribution in [3.8, 4) is 5.69 Å². The van der Waals surface area contributed by atoms with Crippen molar-refractivity contribution < 1.29 is 4.79 Å². The number of rotatable bonds is 6. The number of nitrogens with zero attached hydrogens (tertiary/aromatic N) is 4. The summed E-state index contributed by atoms with van der Waals surface area (Å²) >= 11 is 0. The molecule has 2 heterocycles. The third kappa shape index (κ3) is 4.54. The number of aryl methyl sites for hydroxylation is 1. The highest BCUT2D eigenvalue weighted by Crippen LogP contribution is 2.06. The summed E-state index contributed by atoms with van der Waals surface area (Å²) in [7, 11) is 0. The zero-order valence-corrected chi connectivity index (χ0v) is 17.4. The Morgan fingerprint density at radius 2 is 1.75 bits per heavy atom. The summed E-state index contributed by atoms with van der Waals surface area (Å²) in [5.41, 5.74) is 1.13. The van der Waals surface area contributed by atoms with E-state index >= 15 is 0 Å². The van der Waals surface area contributed by atoms with Crippen LogP contribution in [-0.4, -0.2) is 25.2 Å². The van der Waals surface area contributed by atoms with Crippen LogP contribution in [0.5, 0.6) is 0 Å². The molecule has 8 heteroatoms. The Morgan fingerprint density at radius 1 is 0.969 bits per heavy atom. The van der Waals surface area contributed by atoms with Gasteiger partial charge in [-0.2, -0.15) is 9.78 Å². The maximum Gasteiger partial charge on any atom is 0.352 e. The van der Waals surface area contributed by atoms with Crippen molar-refractivity contribution in [2.45, 2.75) is 20.0 Å². The van der Waals surface area contributed by atoms with E-state index in [-0.39, 0.29) is 18.8 Å². The molecule has 2 aromatic heterocycles. The van der Waals surface area contributed by atoms with Crippen molar-refractivity contribution in [2.24, 2.45) is 0 Å². The summed E-state index contributed by atoms with van der Waals surface area (Å²) in [5.74, 6) is -0.677. The van der Waals surface area contributed by atoms with E-state index in [0.29, 0.717) is 11.4 Å². The van der Waals surface area contributed by atoms with Crippen LogP contribution in [0.25, 0.3) is 5.69 Å². The van der Waals surface area contributed by atoms with E-state index in [0.717, 1.165) is 20.4 Å². The summed E-state index contributed by atoms with van der Waals surface area (Å²) in [5, 5.41) is 6.77. The van der Waals surface area contributed by atoms with Crippen LogP contribution in [0.15, 0.2) is 88.6 Å². The van der Waals surface area contributed by atoms with E-state index in [1.54, 1.807) is 54.7 Å². The topological polar surface area (TPSA) is 98.9 Å². The predicted octanol–water partition coefficient (Wildman–Crippen LogP) is 2.08. The Balaban J connectivity index is 1.77. The van der Waals surface area contributed by atoms with E-state index in [9.17, 15) is 14.4 Å². The standard InChI is InChI=1S/C24H21N5O3/c1-17-8-7-9-18(14-17)16-28-23(31)21(22(30)26-15-19-10-5-6-13-25-19)27-29(24(28)32)20-11-3-2-4-12-20/h2-14H,15-16H2,1H3,(H,26,30). The SMILES string of the molecule is Cc1cccc(Cn2c(=O)c(C(=O)NCc3ccccn3)nn(-c3ccccc3)c2=O)c1. The molecule has 160 valence electrons. The van der Waals surface area contributed by atoms with E-state index < -0.39 is 17.2 Å². The minimum absolute atomic E-state index is 0.0230. The maximum atomic E-state index is 13.2. The van der Waals surface area contributed by atoms with Gasteiger partial charge in [-0.05, 0) is 36.8 Å². The Labute approximate surface area is 183 Å². The number of nitrogens with one attached hydrogen (secondary N) is 1. The minimum atomic E-state index is -0.748. The van der Waals surface area contributed by atoms with Crippen LogP contribution in [0, 0.1) is 6.92 Å².